The molecule has 0 saturated carbocycles. The van der Waals surface area contributed by atoms with E-state index in [1.54, 1.807) is 0 Å². The van der Waals surface area contributed by atoms with Crippen LogP contribution in [0.1, 0.15) is 38.4 Å². The minimum atomic E-state index is -1.09. The summed E-state index contributed by atoms with van der Waals surface area (Å²) < 4.78 is 11.1. The third-order valence-corrected chi connectivity index (χ3v) is 7.85. The summed E-state index contributed by atoms with van der Waals surface area (Å²) >= 11 is 0. The molecule has 1 aliphatic rings. The van der Waals surface area contributed by atoms with E-state index in [0.29, 0.717) is 5.56 Å². The van der Waals surface area contributed by atoms with Gasteiger partial charge >= 0.3 is 5.97 Å². The van der Waals surface area contributed by atoms with E-state index in [4.69, 9.17) is 4.74 Å². The van der Waals surface area contributed by atoms with E-state index in [-0.39, 0.29) is 5.97 Å². The van der Waals surface area contributed by atoms with Crippen LogP contribution in [0.4, 0.5) is 5.69 Å². The van der Waals surface area contributed by atoms with Gasteiger partial charge in [-0.25, -0.2) is 4.79 Å². The highest BCUT2D eigenvalue weighted by molar-refractivity contribution is 6.03. The zero-order valence-corrected chi connectivity index (χ0v) is 21.0. The van der Waals surface area contributed by atoms with Gasteiger partial charge in [0.2, 0.25) is 0 Å². The molecule has 0 aliphatic carbocycles. The number of rotatable bonds is 3. The molecule has 0 saturated heterocycles. The number of carbonyl (C=O) groups is 1. The van der Waals surface area contributed by atoms with Gasteiger partial charge in [-0.3, -0.25) is 0 Å². The Kier molecular flexibility index (Phi) is 4.46. The molecule has 3 heterocycles. The lowest BCUT2D eigenvalue weighted by atomic mass is 9.76. The molecule has 0 radical (unpaired) electrons. The molecule has 5 nitrogen and oxygen atoms in total. The smallest absolute Gasteiger partial charge is 0.340 e. The molecule has 2 aromatic heterocycles. The van der Waals surface area contributed by atoms with E-state index >= 15 is 0 Å². The molecule has 176 valence electrons. The second-order valence-corrected chi connectivity index (χ2v) is 9.74. The molecule has 0 unspecified atom stereocenters. The van der Waals surface area contributed by atoms with Gasteiger partial charge in [0.05, 0.1) is 5.56 Å². The van der Waals surface area contributed by atoms with Crippen LogP contribution in [-0.4, -0.2) is 29.2 Å². The van der Waals surface area contributed by atoms with E-state index in [9.17, 15) is 4.79 Å². The molecule has 35 heavy (non-hydrogen) atoms. The van der Waals surface area contributed by atoms with Crippen LogP contribution < -0.4 is 4.90 Å². The van der Waals surface area contributed by atoms with Gasteiger partial charge in [0, 0.05) is 83.8 Å². The normalized spacial score (nSPS) is 14.5. The second kappa shape index (κ2) is 7.25. The first-order valence-electron chi connectivity index (χ1n) is 11.9. The lowest BCUT2D eigenvalue weighted by Gasteiger charge is -2.33. The molecule has 5 heteroatoms. The topological polar surface area (TPSA) is 39.4 Å². The predicted molar refractivity (Wildman–Crippen MR) is 141 cm³/mol. The van der Waals surface area contributed by atoms with Crippen LogP contribution in [0, 0.1) is 13.8 Å². The van der Waals surface area contributed by atoms with Gasteiger partial charge in [-0.1, -0.05) is 42.5 Å². The van der Waals surface area contributed by atoms with Crippen LogP contribution in [0.2, 0.25) is 0 Å². The van der Waals surface area contributed by atoms with Gasteiger partial charge in [0.1, 0.15) is 0 Å². The highest BCUT2D eigenvalue weighted by atomic mass is 16.6. The number of ether oxygens (including phenoxy) is 1. The summed E-state index contributed by atoms with van der Waals surface area (Å²) in [6, 6.07) is 22.7. The van der Waals surface area contributed by atoms with Crippen molar-refractivity contribution < 1.29 is 9.53 Å². The summed E-state index contributed by atoms with van der Waals surface area (Å²) in [5, 5.41) is 2.18. The monoisotopic (exact) mass is 463 g/mol. The molecule has 6 rings (SSSR count). The maximum Gasteiger partial charge on any atom is 0.340 e. The zero-order chi connectivity index (χ0) is 24.6. The van der Waals surface area contributed by atoms with E-state index < -0.39 is 5.60 Å². The Morgan fingerprint density at radius 1 is 0.714 bits per heavy atom. The Balaban J connectivity index is 1.90. The number of cyclic esters (lactones) is 1. The molecule has 5 aromatic rings. The molecule has 1 aliphatic heterocycles. The van der Waals surface area contributed by atoms with Crippen molar-refractivity contribution in [1.29, 1.82) is 0 Å². The highest BCUT2D eigenvalue weighted by Gasteiger charge is 2.54. The standard InChI is InChI=1S/C30H29N3O2/c1-18-26(20-12-7-9-15-23(20)32(18)5)30(27-19(2)33(6)24-16-10-8-13-21(24)27)28-22(29(34)35-30)14-11-17-25(28)31(3)4/h7-17H,1-6H3. The largest absolute Gasteiger partial charge is 0.440 e. The van der Waals surface area contributed by atoms with Crippen molar-refractivity contribution in [2.45, 2.75) is 19.4 Å². The third-order valence-electron chi connectivity index (χ3n) is 7.85. The van der Waals surface area contributed by atoms with Crippen LogP contribution >= 0.6 is 0 Å². The van der Waals surface area contributed by atoms with Crippen molar-refractivity contribution in [3.8, 4) is 0 Å². The number of fused-ring (bicyclic) bond motifs is 3. The molecule has 3 aromatic carbocycles. The summed E-state index contributed by atoms with van der Waals surface area (Å²) in [5.41, 5.74) is 7.85. The molecular weight excluding hydrogens is 434 g/mol. The summed E-state index contributed by atoms with van der Waals surface area (Å²) in [7, 11) is 8.21. The van der Waals surface area contributed by atoms with E-state index in [2.05, 4.69) is 96.6 Å². The maximum atomic E-state index is 13.7. The number of carbonyl (C=O) groups excluding carboxylic acids is 1. The first-order chi connectivity index (χ1) is 16.8. The fourth-order valence-corrected chi connectivity index (χ4v) is 6.11. The Bertz CT molecular complexity index is 1580. The van der Waals surface area contributed by atoms with Gasteiger partial charge in [-0.05, 0) is 38.1 Å². The van der Waals surface area contributed by atoms with Crippen molar-refractivity contribution in [2.24, 2.45) is 14.1 Å². The van der Waals surface area contributed by atoms with Crippen LogP contribution in [0.25, 0.3) is 21.8 Å². The van der Waals surface area contributed by atoms with E-state index in [1.165, 1.54) is 0 Å². The number of hydrogen-bond donors (Lipinski definition) is 0. The molecular formula is C30H29N3O2. The Morgan fingerprint density at radius 2 is 1.23 bits per heavy atom. The summed E-state index contributed by atoms with van der Waals surface area (Å²) in [4.78, 5) is 15.7. The third kappa shape index (κ3) is 2.61. The minimum absolute atomic E-state index is 0.289. The number of para-hydroxylation sites is 2. The number of benzene rings is 3. The Morgan fingerprint density at radius 3 is 1.74 bits per heavy atom. The van der Waals surface area contributed by atoms with Gasteiger partial charge in [-0.15, -0.1) is 0 Å². The second-order valence-electron chi connectivity index (χ2n) is 9.74. The number of anilines is 1. The van der Waals surface area contributed by atoms with Crippen molar-refractivity contribution in [1.82, 2.24) is 9.13 Å². The number of aryl methyl sites for hydroxylation is 2. The van der Waals surface area contributed by atoms with Crippen molar-refractivity contribution in [2.75, 3.05) is 19.0 Å². The Hall–Kier alpha value is -3.99. The molecule has 0 spiro atoms. The molecule has 0 N–H and O–H groups in total. The van der Waals surface area contributed by atoms with E-state index in [1.807, 2.05) is 26.2 Å². The first kappa shape index (κ1) is 21.5. The van der Waals surface area contributed by atoms with E-state index in [0.717, 1.165) is 55.6 Å². The van der Waals surface area contributed by atoms with Crippen LogP contribution in [-0.2, 0) is 24.4 Å². The van der Waals surface area contributed by atoms with Gasteiger partial charge in [0.15, 0.2) is 5.60 Å². The molecule has 0 atom stereocenters. The minimum Gasteiger partial charge on any atom is -0.440 e. The zero-order valence-electron chi connectivity index (χ0n) is 21.0. The average Bonchev–Trinajstić information content (AvgIpc) is 3.40. The maximum absolute atomic E-state index is 13.7. The van der Waals surface area contributed by atoms with Gasteiger partial charge < -0.3 is 18.8 Å². The van der Waals surface area contributed by atoms with Gasteiger partial charge in [0.25, 0.3) is 0 Å². The number of hydrogen-bond acceptors (Lipinski definition) is 3. The highest BCUT2D eigenvalue weighted by Crippen LogP contribution is 2.56. The predicted octanol–water partition coefficient (Wildman–Crippen LogP) is 5.82. The number of nitrogens with zero attached hydrogens (tertiary/aromatic N) is 3. The fraction of sp³-hybridized carbons (Fsp3) is 0.233. The van der Waals surface area contributed by atoms with Crippen molar-refractivity contribution in [3.63, 3.8) is 0 Å². The summed E-state index contributed by atoms with van der Waals surface area (Å²) in [5.74, 6) is -0.289. The average molecular weight is 464 g/mol. The lowest BCUT2D eigenvalue weighted by molar-refractivity contribution is 0.0257. The quantitative estimate of drug-likeness (QED) is 0.317. The Labute approximate surface area is 205 Å². The lowest BCUT2D eigenvalue weighted by Crippen LogP contribution is -2.33. The first-order valence-corrected chi connectivity index (χ1v) is 11.9. The van der Waals surface area contributed by atoms with Crippen LogP contribution in [0.3, 0.4) is 0 Å². The fourth-order valence-electron chi connectivity index (χ4n) is 6.11. The number of aromatic nitrogens is 2. The molecule has 0 fully saturated rings. The van der Waals surface area contributed by atoms with Gasteiger partial charge in [-0.2, -0.15) is 0 Å². The number of esters is 1. The summed E-state index contributed by atoms with van der Waals surface area (Å²) in [6.07, 6.45) is 0. The SMILES string of the molecule is Cc1c(C2(c3c(C)n(C)c4ccccc34)OC(=O)c3cccc(N(C)C)c32)c2ccccc2n1C. The summed E-state index contributed by atoms with van der Waals surface area (Å²) in [6.45, 7) is 4.25. The molecule has 0 amide bonds. The molecule has 0 bridgehead atoms. The van der Waals surface area contributed by atoms with Crippen LogP contribution in [0.5, 0.6) is 0 Å². The van der Waals surface area contributed by atoms with Crippen LogP contribution in [0.15, 0.2) is 66.7 Å². The van der Waals surface area contributed by atoms with Crippen molar-refractivity contribution >= 4 is 33.5 Å². The van der Waals surface area contributed by atoms with Crippen molar-refractivity contribution in [3.05, 3.63) is 100 Å².